The molecular weight excluding hydrogens is 362 g/mol. The second-order valence-electron chi connectivity index (χ2n) is 5.89. The average molecular weight is 385 g/mol. The minimum Gasteiger partial charge on any atom is -0.497 e. The van der Waals surface area contributed by atoms with Crippen molar-refractivity contribution in [2.24, 2.45) is 5.16 Å². The Bertz CT molecular complexity index is 814. The number of benzene rings is 2. The molecule has 0 saturated heterocycles. The van der Waals surface area contributed by atoms with E-state index in [1.165, 1.54) is 6.21 Å². The van der Waals surface area contributed by atoms with E-state index in [4.69, 9.17) is 14.3 Å². The van der Waals surface area contributed by atoms with Gasteiger partial charge < -0.3 is 14.3 Å². The molecule has 148 valence electrons. The molecule has 2 amide bonds. The lowest BCUT2D eigenvalue weighted by Gasteiger charge is -2.12. The SMILES string of the molecule is COc1ccc(/C=N\OCC(=O)NNC(=O)COc2c(C)cccc2C)cc1. The summed E-state index contributed by atoms with van der Waals surface area (Å²) in [6, 6.07) is 12.9. The van der Waals surface area contributed by atoms with E-state index >= 15 is 0 Å². The number of hydrazine groups is 1. The quantitative estimate of drug-likeness (QED) is 0.534. The molecule has 0 aliphatic rings. The van der Waals surface area contributed by atoms with Crippen molar-refractivity contribution in [2.45, 2.75) is 13.8 Å². The minimum absolute atomic E-state index is 0.220. The summed E-state index contributed by atoms with van der Waals surface area (Å²) in [6.45, 7) is 3.23. The average Bonchev–Trinajstić information content (AvgIpc) is 2.69. The molecule has 8 nitrogen and oxygen atoms in total. The van der Waals surface area contributed by atoms with Crippen molar-refractivity contribution in [2.75, 3.05) is 20.3 Å². The molecule has 0 radical (unpaired) electrons. The van der Waals surface area contributed by atoms with Crippen molar-refractivity contribution < 1.29 is 23.9 Å². The second-order valence-corrected chi connectivity index (χ2v) is 5.89. The van der Waals surface area contributed by atoms with Crippen LogP contribution in [0.5, 0.6) is 11.5 Å². The molecule has 0 aliphatic heterocycles. The Kier molecular flexibility index (Phi) is 7.83. The monoisotopic (exact) mass is 385 g/mol. The van der Waals surface area contributed by atoms with Gasteiger partial charge in [0.25, 0.3) is 11.8 Å². The van der Waals surface area contributed by atoms with E-state index in [0.717, 1.165) is 22.4 Å². The van der Waals surface area contributed by atoms with E-state index in [1.807, 2.05) is 32.0 Å². The largest absolute Gasteiger partial charge is 0.497 e. The fourth-order valence-corrected chi connectivity index (χ4v) is 2.26. The Hall–Kier alpha value is -3.55. The van der Waals surface area contributed by atoms with E-state index in [2.05, 4.69) is 16.0 Å². The zero-order valence-electron chi connectivity index (χ0n) is 16.0. The highest BCUT2D eigenvalue weighted by atomic mass is 16.6. The molecule has 0 saturated carbocycles. The predicted molar refractivity (Wildman–Crippen MR) is 104 cm³/mol. The van der Waals surface area contributed by atoms with E-state index < -0.39 is 11.8 Å². The maximum Gasteiger partial charge on any atom is 0.279 e. The van der Waals surface area contributed by atoms with Crippen LogP contribution in [0.4, 0.5) is 0 Å². The predicted octanol–water partition coefficient (Wildman–Crippen LogP) is 1.89. The topological polar surface area (TPSA) is 98.3 Å². The molecule has 2 N–H and O–H groups in total. The number of methoxy groups -OCH3 is 1. The number of hydrogen-bond acceptors (Lipinski definition) is 6. The molecule has 0 atom stereocenters. The molecule has 28 heavy (non-hydrogen) atoms. The number of para-hydroxylation sites is 1. The Morgan fingerprint density at radius 3 is 2.18 bits per heavy atom. The number of amides is 2. The van der Waals surface area contributed by atoms with Crippen molar-refractivity contribution >= 4 is 18.0 Å². The Labute approximate surface area is 163 Å². The van der Waals surface area contributed by atoms with Gasteiger partial charge in [-0.2, -0.15) is 0 Å². The highest BCUT2D eigenvalue weighted by Gasteiger charge is 2.08. The van der Waals surface area contributed by atoms with E-state index in [1.54, 1.807) is 31.4 Å². The third-order valence-corrected chi connectivity index (χ3v) is 3.69. The van der Waals surface area contributed by atoms with Crippen molar-refractivity contribution in [3.63, 3.8) is 0 Å². The summed E-state index contributed by atoms with van der Waals surface area (Å²) < 4.78 is 10.6. The molecule has 0 aromatic heterocycles. The maximum absolute atomic E-state index is 11.8. The summed E-state index contributed by atoms with van der Waals surface area (Å²) in [7, 11) is 1.58. The number of carbonyl (C=O) groups excluding carboxylic acids is 2. The van der Waals surface area contributed by atoms with Crippen LogP contribution < -0.4 is 20.3 Å². The van der Waals surface area contributed by atoms with Crippen LogP contribution in [0.25, 0.3) is 0 Å². The van der Waals surface area contributed by atoms with Crippen LogP contribution >= 0.6 is 0 Å². The van der Waals surface area contributed by atoms with Gasteiger partial charge in [0, 0.05) is 0 Å². The van der Waals surface area contributed by atoms with Gasteiger partial charge in [0.2, 0.25) is 0 Å². The zero-order valence-corrected chi connectivity index (χ0v) is 16.0. The fraction of sp³-hybridized carbons (Fsp3) is 0.250. The maximum atomic E-state index is 11.8. The molecule has 0 aliphatic carbocycles. The Morgan fingerprint density at radius 2 is 1.57 bits per heavy atom. The number of nitrogens with zero attached hydrogens (tertiary/aromatic N) is 1. The summed E-state index contributed by atoms with van der Waals surface area (Å²) in [5, 5.41) is 3.70. The lowest BCUT2D eigenvalue weighted by atomic mass is 10.1. The van der Waals surface area contributed by atoms with Gasteiger partial charge in [0.15, 0.2) is 13.2 Å². The van der Waals surface area contributed by atoms with Crippen molar-refractivity contribution in [1.82, 2.24) is 10.9 Å². The van der Waals surface area contributed by atoms with Crippen LogP contribution in [0.3, 0.4) is 0 Å². The molecule has 2 aromatic rings. The van der Waals surface area contributed by atoms with Gasteiger partial charge in [0.05, 0.1) is 13.3 Å². The summed E-state index contributed by atoms with van der Waals surface area (Å²) >= 11 is 0. The summed E-state index contributed by atoms with van der Waals surface area (Å²) in [5.41, 5.74) is 7.13. The van der Waals surface area contributed by atoms with Crippen LogP contribution in [0.15, 0.2) is 47.6 Å². The van der Waals surface area contributed by atoms with Gasteiger partial charge in [-0.05, 0) is 54.8 Å². The highest BCUT2D eigenvalue weighted by Crippen LogP contribution is 2.21. The number of carbonyl (C=O) groups is 2. The molecule has 0 spiro atoms. The number of ether oxygens (including phenoxy) is 2. The van der Waals surface area contributed by atoms with Crippen LogP contribution in [-0.4, -0.2) is 38.4 Å². The first-order valence-electron chi connectivity index (χ1n) is 8.55. The fourth-order valence-electron chi connectivity index (χ4n) is 2.26. The number of rotatable bonds is 8. The number of oxime groups is 1. The van der Waals surface area contributed by atoms with Gasteiger partial charge in [-0.15, -0.1) is 0 Å². The summed E-state index contributed by atoms with van der Waals surface area (Å²) in [4.78, 5) is 28.3. The second kappa shape index (κ2) is 10.6. The van der Waals surface area contributed by atoms with Crippen molar-refractivity contribution in [3.8, 4) is 11.5 Å². The lowest BCUT2D eigenvalue weighted by Crippen LogP contribution is -2.45. The van der Waals surface area contributed by atoms with Gasteiger partial charge in [-0.1, -0.05) is 23.4 Å². The number of hydrogen-bond donors (Lipinski definition) is 2. The van der Waals surface area contributed by atoms with Crippen molar-refractivity contribution in [3.05, 3.63) is 59.2 Å². The molecule has 8 heteroatoms. The number of aryl methyl sites for hydroxylation is 2. The van der Waals surface area contributed by atoms with Gasteiger partial charge in [-0.3, -0.25) is 20.4 Å². The molecule has 0 heterocycles. The van der Waals surface area contributed by atoms with E-state index in [0.29, 0.717) is 5.75 Å². The van der Waals surface area contributed by atoms with Crippen LogP contribution in [-0.2, 0) is 14.4 Å². The minimum atomic E-state index is -0.549. The summed E-state index contributed by atoms with van der Waals surface area (Å²) in [5.74, 6) is 0.347. The van der Waals surface area contributed by atoms with Gasteiger partial charge >= 0.3 is 0 Å². The van der Waals surface area contributed by atoms with Gasteiger partial charge in [-0.25, -0.2) is 0 Å². The van der Waals surface area contributed by atoms with E-state index in [9.17, 15) is 9.59 Å². The summed E-state index contributed by atoms with van der Waals surface area (Å²) in [6.07, 6.45) is 1.46. The Morgan fingerprint density at radius 1 is 0.964 bits per heavy atom. The van der Waals surface area contributed by atoms with Crippen molar-refractivity contribution in [1.29, 1.82) is 0 Å². The van der Waals surface area contributed by atoms with Crippen LogP contribution in [0.1, 0.15) is 16.7 Å². The molecular formula is C20H23N3O5. The normalized spacial score (nSPS) is 10.4. The first-order valence-corrected chi connectivity index (χ1v) is 8.55. The van der Waals surface area contributed by atoms with Crippen LogP contribution in [0.2, 0.25) is 0 Å². The molecule has 2 rings (SSSR count). The smallest absolute Gasteiger partial charge is 0.279 e. The third-order valence-electron chi connectivity index (χ3n) is 3.69. The zero-order chi connectivity index (χ0) is 20.4. The third kappa shape index (κ3) is 6.64. The van der Waals surface area contributed by atoms with Crippen LogP contribution in [0, 0.1) is 13.8 Å². The number of nitrogens with one attached hydrogen (secondary N) is 2. The molecule has 2 aromatic carbocycles. The molecule has 0 bridgehead atoms. The first-order chi connectivity index (χ1) is 13.5. The lowest BCUT2D eigenvalue weighted by molar-refractivity contribution is -0.132. The highest BCUT2D eigenvalue weighted by molar-refractivity contribution is 5.83. The first kappa shape index (κ1) is 20.8. The molecule has 0 unspecified atom stereocenters. The molecule has 0 fully saturated rings. The Balaban J connectivity index is 1.66. The standard InChI is InChI=1S/C20H23N3O5/c1-14-5-4-6-15(2)20(14)27-12-18(24)22-23-19(25)13-28-21-11-16-7-9-17(26-3)10-8-16/h4-11H,12-13H2,1-3H3,(H,22,24)(H,23,25)/b21-11-. The van der Waals surface area contributed by atoms with E-state index in [-0.39, 0.29) is 13.2 Å². The van der Waals surface area contributed by atoms with Gasteiger partial charge in [0.1, 0.15) is 11.5 Å².